The van der Waals surface area contributed by atoms with Crippen molar-refractivity contribution in [3.05, 3.63) is 57.2 Å². The molecule has 0 atom stereocenters. The Morgan fingerprint density at radius 1 is 1.15 bits per heavy atom. The quantitative estimate of drug-likeness (QED) is 0.599. The molecule has 10 heteroatoms. The van der Waals surface area contributed by atoms with E-state index < -0.39 is 5.97 Å². The Morgan fingerprint density at radius 2 is 1.85 bits per heavy atom. The summed E-state index contributed by atoms with van der Waals surface area (Å²) in [6, 6.07) is 8.92. The zero-order valence-corrected chi connectivity index (χ0v) is 16.3. The van der Waals surface area contributed by atoms with E-state index in [1.807, 2.05) is 12.1 Å². The summed E-state index contributed by atoms with van der Waals surface area (Å²) >= 11 is 6.47. The summed E-state index contributed by atoms with van der Waals surface area (Å²) in [5.41, 5.74) is 1.02. The Hall–Kier alpha value is -2.64. The van der Waals surface area contributed by atoms with Crippen LogP contribution in [0.15, 0.2) is 50.1 Å². The summed E-state index contributed by atoms with van der Waals surface area (Å²) < 4.78 is 6.67. The molecule has 0 aromatic carbocycles. The molecule has 3 aromatic heterocycles. The number of aliphatic carboxylic acids is 1. The summed E-state index contributed by atoms with van der Waals surface area (Å²) in [7, 11) is 0. The molecule has 3 heterocycles. The summed E-state index contributed by atoms with van der Waals surface area (Å²) in [5, 5.41) is 20.6. The van der Waals surface area contributed by atoms with Crippen molar-refractivity contribution in [2.24, 2.45) is 0 Å². The van der Waals surface area contributed by atoms with E-state index in [1.165, 1.54) is 0 Å². The number of aromatic nitrogens is 4. The zero-order valence-electron chi connectivity index (χ0n) is 13.1. The molecule has 0 bridgehead atoms. The van der Waals surface area contributed by atoms with Gasteiger partial charge in [0.2, 0.25) is 11.7 Å². The lowest BCUT2D eigenvalue weighted by atomic mass is 10.3. The SMILES string of the molecule is N#Cc1ccc(Br)cn1.O=C(O)CCc1nc(-c2ccc(Br)cn2)no1. The largest absolute Gasteiger partial charge is 0.481 e. The highest BCUT2D eigenvalue weighted by Gasteiger charge is 2.10. The Bertz CT molecular complexity index is 905. The van der Waals surface area contributed by atoms with Crippen molar-refractivity contribution in [2.75, 3.05) is 0 Å². The highest BCUT2D eigenvalue weighted by atomic mass is 79.9. The van der Waals surface area contributed by atoms with Crippen LogP contribution in [0.4, 0.5) is 0 Å². The molecule has 0 aliphatic heterocycles. The highest BCUT2D eigenvalue weighted by molar-refractivity contribution is 9.10. The first kappa shape index (κ1) is 19.7. The van der Waals surface area contributed by atoms with Crippen LogP contribution in [-0.2, 0) is 11.2 Å². The fourth-order valence-electron chi connectivity index (χ4n) is 1.62. The van der Waals surface area contributed by atoms with Crippen LogP contribution < -0.4 is 0 Å². The van der Waals surface area contributed by atoms with Crippen molar-refractivity contribution < 1.29 is 14.4 Å². The van der Waals surface area contributed by atoms with Gasteiger partial charge in [-0.25, -0.2) is 4.98 Å². The van der Waals surface area contributed by atoms with Gasteiger partial charge in [0.15, 0.2) is 0 Å². The Kier molecular flexibility index (Phi) is 7.37. The molecule has 1 N–H and O–H groups in total. The van der Waals surface area contributed by atoms with E-state index in [1.54, 1.807) is 30.6 Å². The summed E-state index contributed by atoms with van der Waals surface area (Å²) in [5.74, 6) is -0.239. The smallest absolute Gasteiger partial charge is 0.303 e. The van der Waals surface area contributed by atoms with Crippen molar-refractivity contribution in [1.82, 2.24) is 20.1 Å². The van der Waals surface area contributed by atoms with E-state index in [2.05, 4.69) is 52.0 Å². The average molecular weight is 481 g/mol. The monoisotopic (exact) mass is 479 g/mol. The average Bonchev–Trinajstić information content (AvgIpc) is 3.11. The lowest BCUT2D eigenvalue weighted by Crippen LogP contribution is -1.97. The van der Waals surface area contributed by atoms with Crippen LogP contribution in [0.2, 0.25) is 0 Å². The number of halogens is 2. The minimum absolute atomic E-state index is 0.0323. The second-order valence-corrected chi connectivity index (χ2v) is 6.57. The van der Waals surface area contributed by atoms with Gasteiger partial charge >= 0.3 is 5.97 Å². The standard InChI is InChI=1S/C10H8BrN3O3.C6H3BrN2/c11-6-1-2-7(12-5-6)10-13-8(17-14-10)3-4-9(15)16;7-5-1-2-6(3-8)9-4-5/h1-2,5H,3-4H2,(H,15,16);1-2,4H. The molecule has 0 fully saturated rings. The van der Waals surface area contributed by atoms with Gasteiger partial charge in [-0.3, -0.25) is 9.78 Å². The van der Waals surface area contributed by atoms with Gasteiger partial charge in [-0.2, -0.15) is 10.2 Å². The molecule has 132 valence electrons. The van der Waals surface area contributed by atoms with Crippen LogP contribution in [0.3, 0.4) is 0 Å². The Balaban J connectivity index is 0.000000228. The number of nitriles is 1. The van der Waals surface area contributed by atoms with Gasteiger partial charge in [-0.15, -0.1) is 0 Å². The molecule has 0 saturated carbocycles. The van der Waals surface area contributed by atoms with Crippen LogP contribution in [0.1, 0.15) is 18.0 Å². The predicted molar refractivity (Wildman–Crippen MR) is 97.8 cm³/mol. The number of aryl methyl sites for hydroxylation is 1. The minimum Gasteiger partial charge on any atom is -0.481 e. The Labute approximate surface area is 165 Å². The van der Waals surface area contributed by atoms with Crippen molar-refractivity contribution in [3.63, 3.8) is 0 Å². The van der Waals surface area contributed by atoms with Crippen LogP contribution in [0, 0.1) is 11.3 Å². The van der Waals surface area contributed by atoms with Gasteiger partial charge in [-0.05, 0) is 56.1 Å². The van der Waals surface area contributed by atoms with Gasteiger partial charge < -0.3 is 9.63 Å². The number of hydrogen-bond donors (Lipinski definition) is 1. The van der Waals surface area contributed by atoms with Gasteiger partial charge in [0, 0.05) is 27.8 Å². The highest BCUT2D eigenvalue weighted by Crippen LogP contribution is 2.16. The van der Waals surface area contributed by atoms with Crippen molar-refractivity contribution in [3.8, 4) is 17.6 Å². The van der Waals surface area contributed by atoms with Crippen LogP contribution in [0.25, 0.3) is 11.5 Å². The van der Waals surface area contributed by atoms with E-state index in [-0.39, 0.29) is 12.8 Å². The minimum atomic E-state index is -0.897. The predicted octanol–water partition coefficient (Wildman–Crippen LogP) is 3.63. The van der Waals surface area contributed by atoms with Gasteiger partial charge in [0.05, 0.1) is 6.42 Å². The molecule has 8 nitrogen and oxygen atoms in total. The van der Waals surface area contributed by atoms with E-state index in [0.717, 1.165) is 8.95 Å². The second-order valence-electron chi connectivity index (χ2n) is 4.74. The van der Waals surface area contributed by atoms with Crippen LogP contribution in [0.5, 0.6) is 0 Å². The normalized spacial score (nSPS) is 9.73. The first-order valence-electron chi connectivity index (χ1n) is 7.16. The first-order valence-corrected chi connectivity index (χ1v) is 8.74. The summed E-state index contributed by atoms with van der Waals surface area (Å²) in [6.45, 7) is 0. The number of rotatable bonds is 4. The Morgan fingerprint density at radius 3 is 2.38 bits per heavy atom. The van der Waals surface area contributed by atoms with Crippen LogP contribution >= 0.6 is 31.9 Å². The van der Waals surface area contributed by atoms with E-state index in [4.69, 9.17) is 14.9 Å². The maximum absolute atomic E-state index is 10.4. The zero-order chi connectivity index (χ0) is 18.9. The molecule has 0 aliphatic carbocycles. The van der Waals surface area contributed by atoms with Crippen molar-refractivity contribution >= 4 is 37.8 Å². The van der Waals surface area contributed by atoms with E-state index >= 15 is 0 Å². The molecule has 0 unspecified atom stereocenters. The maximum atomic E-state index is 10.4. The van der Waals surface area contributed by atoms with Gasteiger partial charge in [0.1, 0.15) is 17.5 Å². The number of carbonyl (C=O) groups is 1. The second kappa shape index (κ2) is 9.74. The van der Waals surface area contributed by atoms with Gasteiger partial charge in [-0.1, -0.05) is 5.16 Å². The van der Waals surface area contributed by atoms with E-state index in [0.29, 0.717) is 23.1 Å². The summed E-state index contributed by atoms with van der Waals surface area (Å²) in [6.07, 6.45) is 3.41. The first-order chi connectivity index (χ1) is 12.5. The molecule has 0 spiro atoms. The lowest BCUT2D eigenvalue weighted by Gasteiger charge is -1.92. The maximum Gasteiger partial charge on any atom is 0.303 e. The topological polar surface area (TPSA) is 126 Å². The fraction of sp³-hybridized carbons (Fsp3) is 0.125. The third-order valence-corrected chi connectivity index (χ3v) is 3.76. The molecule has 0 aliphatic rings. The number of pyridine rings is 2. The molecule has 3 aromatic rings. The van der Waals surface area contributed by atoms with Gasteiger partial charge in [0.25, 0.3) is 0 Å². The third kappa shape index (κ3) is 6.34. The molecular weight excluding hydrogens is 470 g/mol. The van der Waals surface area contributed by atoms with Crippen LogP contribution in [-0.4, -0.2) is 31.2 Å². The molecule has 0 amide bonds. The lowest BCUT2D eigenvalue weighted by molar-refractivity contribution is -0.137. The molecule has 0 radical (unpaired) electrons. The molecular formula is C16H11Br2N5O3. The number of hydrogen-bond acceptors (Lipinski definition) is 7. The molecule has 26 heavy (non-hydrogen) atoms. The molecule has 3 rings (SSSR count). The number of carboxylic acids is 1. The van der Waals surface area contributed by atoms with E-state index in [9.17, 15) is 4.79 Å². The third-order valence-electron chi connectivity index (χ3n) is 2.82. The van der Waals surface area contributed by atoms with Crippen molar-refractivity contribution in [1.29, 1.82) is 5.26 Å². The molecule has 0 saturated heterocycles. The number of carboxylic acid groups (broad SMARTS) is 1. The fourth-order valence-corrected chi connectivity index (χ4v) is 2.09. The van der Waals surface area contributed by atoms with Crippen molar-refractivity contribution in [2.45, 2.75) is 12.8 Å². The number of nitrogens with zero attached hydrogens (tertiary/aromatic N) is 5. The summed E-state index contributed by atoms with van der Waals surface area (Å²) in [4.78, 5) is 22.3.